The number of benzene rings is 2. The molecule has 0 unspecified atom stereocenters. The molecule has 0 atom stereocenters. The first-order chi connectivity index (χ1) is 20.4. The van der Waals surface area contributed by atoms with Crippen LogP contribution in [-0.4, -0.2) is 42.8 Å². The van der Waals surface area contributed by atoms with Crippen LogP contribution in [0.4, 0.5) is 16.0 Å². The average molecular weight is 571 g/mol. The van der Waals surface area contributed by atoms with Crippen molar-refractivity contribution < 1.29 is 28.6 Å². The topological polar surface area (TPSA) is 110 Å². The van der Waals surface area contributed by atoms with Gasteiger partial charge >= 0.3 is 11.9 Å². The minimum atomic E-state index is -1.22. The molecule has 0 aliphatic heterocycles. The molecule has 0 spiro atoms. The largest absolute Gasteiger partial charge is 0.462 e. The lowest BCUT2D eigenvalue weighted by Gasteiger charge is -2.26. The van der Waals surface area contributed by atoms with Gasteiger partial charge in [0.25, 0.3) is 0 Å². The van der Waals surface area contributed by atoms with Gasteiger partial charge in [-0.2, -0.15) is 0 Å². The van der Waals surface area contributed by atoms with Gasteiger partial charge in [-0.1, -0.05) is 61.2 Å². The number of anilines is 2. The van der Waals surface area contributed by atoms with E-state index in [-0.39, 0.29) is 40.6 Å². The lowest BCUT2D eigenvalue weighted by atomic mass is 9.92. The van der Waals surface area contributed by atoms with Crippen LogP contribution < -0.4 is 10.2 Å². The Morgan fingerprint density at radius 1 is 1.10 bits per heavy atom. The standard InChI is InChI=1S/C32H31FN4O5/c1-6-14-23(15-7-2)37(20-38)30-28(29(34-5)36-25-19-13-12-18-24(25)31(39)42-33)27(22-16-10-9-11-17-22)26(21(4)35-30)32(40)41-8-3/h6-7,9-20H,1,8H2,2-5H3,(H,34,36)/b15-7-,23-14+. The number of allylic oxidation sites excluding steroid dienone is 4. The number of rotatable bonds is 11. The van der Waals surface area contributed by atoms with Gasteiger partial charge in [-0.15, -0.1) is 0 Å². The molecule has 0 fully saturated rings. The molecule has 0 saturated heterocycles. The van der Waals surface area contributed by atoms with E-state index in [1.807, 2.05) is 6.07 Å². The van der Waals surface area contributed by atoms with Gasteiger partial charge in [-0.05, 0) is 50.6 Å². The van der Waals surface area contributed by atoms with Crippen LogP contribution in [0.5, 0.6) is 0 Å². The fourth-order valence-electron chi connectivity index (χ4n) is 4.34. The molecule has 1 N–H and O–H groups in total. The smallest absolute Gasteiger partial charge is 0.381 e. The summed E-state index contributed by atoms with van der Waals surface area (Å²) < 4.78 is 18.4. The lowest BCUT2D eigenvalue weighted by molar-refractivity contribution is -0.107. The summed E-state index contributed by atoms with van der Waals surface area (Å²) in [6.45, 7) is 8.99. The van der Waals surface area contributed by atoms with Crippen molar-refractivity contribution in [2.75, 3.05) is 23.9 Å². The number of amides is 1. The zero-order valence-electron chi connectivity index (χ0n) is 23.8. The molecule has 0 radical (unpaired) electrons. The molecule has 3 aromatic rings. The molecule has 1 heterocycles. The van der Waals surface area contributed by atoms with E-state index in [2.05, 4.69) is 21.8 Å². The van der Waals surface area contributed by atoms with Crippen molar-refractivity contribution in [1.29, 1.82) is 0 Å². The molecule has 2 aromatic carbocycles. The highest BCUT2D eigenvalue weighted by atomic mass is 19.3. The zero-order chi connectivity index (χ0) is 30.6. The third-order valence-electron chi connectivity index (χ3n) is 6.07. The third-order valence-corrected chi connectivity index (χ3v) is 6.07. The number of pyridine rings is 1. The van der Waals surface area contributed by atoms with E-state index in [0.717, 1.165) is 0 Å². The van der Waals surface area contributed by atoms with Crippen molar-refractivity contribution in [3.63, 3.8) is 0 Å². The fraction of sp³-hybridized carbons (Fsp3) is 0.156. The molecule has 216 valence electrons. The molecule has 1 amide bonds. The Labute approximate surface area is 243 Å². The van der Waals surface area contributed by atoms with Crippen LogP contribution in [0.3, 0.4) is 0 Å². The number of aryl methyl sites for hydroxylation is 1. The molecule has 0 saturated carbocycles. The summed E-state index contributed by atoms with van der Waals surface area (Å²) in [7, 11) is 1.48. The maximum absolute atomic E-state index is 13.4. The predicted molar refractivity (Wildman–Crippen MR) is 161 cm³/mol. The number of nitrogens with zero attached hydrogens (tertiary/aromatic N) is 3. The molecule has 42 heavy (non-hydrogen) atoms. The van der Waals surface area contributed by atoms with Gasteiger partial charge < -0.3 is 10.1 Å². The minimum absolute atomic E-state index is 0.108. The number of ether oxygens (including phenoxy) is 1. The summed E-state index contributed by atoms with van der Waals surface area (Å²) in [6.07, 6.45) is 7.17. The van der Waals surface area contributed by atoms with Crippen molar-refractivity contribution in [3.05, 3.63) is 114 Å². The van der Waals surface area contributed by atoms with Crippen LogP contribution in [0.15, 0.2) is 96.2 Å². The normalized spacial score (nSPS) is 11.6. The number of amidine groups is 1. The lowest BCUT2D eigenvalue weighted by Crippen LogP contribution is -2.28. The number of esters is 1. The van der Waals surface area contributed by atoms with Gasteiger partial charge in [0, 0.05) is 22.8 Å². The Bertz CT molecular complexity index is 1560. The SMILES string of the molecule is C=C/C=C(\C=C/C)N(C=O)c1nc(C)c(C(=O)OCC)c(-c2ccccc2)c1C(=NC)Nc1ccccc1C(=O)OF. The van der Waals surface area contributed by atoms with Gasteiger partial charge in [0.2, 0.25) is 6.41 Å². The molecule has 9 nitrogen and oxygen atoms in total. The van der Waals surface area contributed by atoms with Gasteiger partial charge in [0.1, 0.15) is 5.84 Å². The van der Waals surface area contributed by atoms with E-state index in [1.54, 1.807) is 75.4 Å². The van der Waals surface area contributed by atoms with Gasteiger partial charge in [-0.3, -0.25) is 14.7 Å². The highest BCUT2D eigenvalue weighted by Gasteiger charge is 2.31. The van der Waals surface area contributed by atoms with E-state index in [9.17, 15) is 18.9 Å². The summed E-state index contributed by atoms with van der Waals surface area (Å²) in [4.78, 5) is 52.2. The first-order valence-corrected chi connectivity index (χ1v) is 13.0. The van der Waals surface area contributed by atoms with Crippen LogP contribution in [0.2, 0.25) is 0 Å². The number of carbonyl (C=O) groups excluding carboxylic acids is 3. The van der Waals surface area contributed by atoms with Gasteiger partial charge in [0.15, 0.2) is 5.82 Å². The summed E-state index contributed by atoms with van der Waals surface area (Å²) in [5, 5.41) is 3.07. The second kappa shape index (κ2) is 14.8. The Hall–Kier alpha value is -5.38. The molecule has 0 aliphatic carbocycles. The van der Waals surface area contributed by atoms with Gasteiger partial charge in [-0.25, -0.2) is 19.5 Å². The number of carbonyl (C=O) groups is 3. The average Bonchev–Trinajstić information content (AvgIpc) is 3.00. The van der Waals surface area contributed by atoms with Crippen LogP contribution in [0, 0.1) is 6.92 Å². The van der Waals surface area contributed by atoms with E-state index in [4.69, 9.17) is 9.72 Å². The first kappa shape index (κ1) is 31.2. The van der Waals surface area contributed by atoms with Crippen LogP contribution in [-0.2, 0) is 14.5 Å². The van der Waals surface area contributed by atoms with Crippen LogP contribution in [0.1, 0.15) is 45.8 Å². The Kier molecular flexibility index (Phi) is 11.0. The van der Waals surface area contributed by atoms with E-state index in [0.29, 0.717) is 28.9 Å². The molecule has 0 bridgehead atoms. The maximum Gasteiger partial charge on any atom is 0.381 e. The maximum atomic E-state index is 13.4. The van der Waals surface area contributed by atoms with Crippen LogP contribution in [0.25, 0.3) is 11.1 Å². The Morgan fingerprint density at radius 3 is 2.38 bits per heavy atom. The van der Waals surface area contributed by atoms with Crippen molar-refractivity contribution in [2.45, 2.75) is 20.8 Å². The summed E-state index contributed by atoms with van der Waals surface area (Å²) in [5.74, 6) is -1.60. The number of aromatic nitrogens is 1. The summed E-state index contributed by atoms with van der Waals surface area (Å²) in [5.41, 5.74) is 2.16. The van der Waals surface area contributed by atoms with Crippen molar-refractivity contribution >= 4 is 35.7 Å². The van der Waals surface area contributed by atoms with Crippen LogP contribution >= 0.6 is 0 Å². The van der Waals surface area contributed by atoms with E-state index < -0.39 is 11.9 Å². The molecular weight excluding hydrogens is 539 g/mol. The number of hydrogen-bond donors (Lipinski definition) is 1. The Balaban J connectivity index is 2.52. The molecular formula is C32H31FN4O5. The number of para-hydroxylation sites is 1. The third kappa shape index (κ3) is 6.67. The highest BCUT2D eigenvalue weighted by molar-refractivity contribution is 6.20. The predicted octanol–water partition coefficient (Wildman–Crippen LogP) is 6.37. The fourth-order valence-corrected chi connectivity index (χ4v) is 4.34. The second-order valence-corrected chi connectivity index (χ2v) is 8.64. The molecule has 1 aromatic heterocycles. The number of hydrogen-bond acceptors (Lipinski definition) is 7. The quantitative estimate of drug-likeness (QED) is 0.0937. The van der Waals surface area contributed by atoms with Gasteiger partial charge in [0.05, 0.1) is 34.7 Å². The molecule has 3 rings (SSSR count). The van der Waals surface area contributed by atoms with E-state index >= 15 is 0 Å². The number of halogens is 1. The van der Waals surface area contributed by atoms with Crippen molar-refractivity contribution in [3.8, 4) is 11.1 Å². The first-order valence-electron chi connectivity index (χ1n) is 13.0. The minimum Gasteiger partial charge on any atom is -0.462 e. The van der Waals surface area contributed by atoms with Crippen molar-refractivity contribution in [2.24, 2.45) is 4.99 Å². The number of nitrogens with one attached hydrogen (secondary N) is 1. The Morgan fingerprint density at radius 2 is 1.79 bits per heavy atom. The zero-order valence-corrected chi connectivity index (χ0v) is 23.8. The molecule has 0 aliphatic rings. The molecule has 10 heteroatoms. The van der Waals surface area contributed by atoms with E-state index in [1.165, 1.54) is 30.2 Å². The summed E-state index contributed by atoms with van der Waals surface area (Å²) in [6, 6.07) is 15.1. The monoisotopic (exact) mass is 570 g/mol. The second-order valence-electron chi connectivity index (χ2n) is 8.64. The van der Waals surface area contributed by atoms with Crippen molar-refractivity contribution in [1.82, 2.24) is 4.98 Å². The highest BCUT2D eigenvalue weighted by Crippen LogP contribution is 2.37. The number of aliphatic imine (C=N–C) groups is 1. The summed E-state index contributed by atoms with van der Waals surface area (Å²) >= 11 is 0.